The maximum atomic E-state index is 14.6. The summed E-state index contributed by atoms with van der Waals surface area (Å²) >= 11 is 0. The van der Waals surface area contributed by atoms with Crippen LogP contribution in [0.15, 0.2) is 70.4 Å². The van der Waals surface area contributed by atoms with E-state index in [1.807, 2.05) is 25.1 Å². The third-order valence-corrected chi connectivity index (χ3v) is 7.39. The maximum Gasteiger partial charge on any atom is 0.262 e. The molecule has 3 heterocycles. The zero-order valence-electron chi connectivity index (χ0n) is 22.3. The van der Waals surface area contributed by atoms with Crippen molar-refractivity contribution in [1.29, 1.82) is 0 Å². The second kappa shape index (κ2) is 11.9. The molecule has 1 atom stereocenters. The molecular weight excluding hydrogens is 499 g/mol. The maximum absolute atomic E-state index is 14.6. The highest BCUT2D eigenvalue weighted by molar-refractivity contribution is 6.04. The van der Waals surface area contributed by atoms with Crippen LogP contribution < -0.4 is 0 Å². The highest BCUT2D eigenvalue weighted by atomic mass is 19.1. The van der Waals surface area contributed by atoms with Gasteiger partial charge in [-0.15, -0.1) is 0 Å². The van der Waals surface area contributed by atoms with Gasteiger partial charge in [-0.2, -0.15) is 5.10 Å². The molecule has 0 N–H and O–H groups in total. The van der Waals surface area contributed by atoms with E-state index in [1.54, 1.807) is 18.4 Å². The predicted octanol–water partition coefficient (Wildman–Crippen LogP) is 4.19. The van der Waals surface area contributed by atoms with E-state index in [9.17, 15) is 14.0 Å². The molecule has 0 aliphatic carbocycles. The van der Waals surface area contributed by atoms with Crippen LogP contribution in [-0.4, -0.2) is 78.3 Å². The second-order valence-corrected chi connectivity index (χ2v) is 9.98. The molecule has 39 heavy (non-hydrogen) atoms. The minimum Gasteiger partial charge on any atom is -0.467 e. The third-order valence-electron chi connectivity index (χ3n) is 7.39. The van der Waals surface area contributed by atoms with E-state index < -0.39 is 17.8 Å². The number of carbonyl (C=O) groups is 2. The average molecular weight is 533 g/mol. The quantitative estimate of drug-likeness (QED) is 0.435. The number of carbonyl (C=O) groups excluding carboxylic acids is 2. The summed E-state index contributed by atoms with van der Waals surface area (Å²) in [6.45, 7) is 7.40. The summed E-state index contributed by atoms with van der Waals surface area (Å²) < 4.78 is 25.7. The predicted molar refractivity (Wildman–Crippen MR) is 145 cm³/mol. The number of halogens is 1. The molecule has 1 saturated heterocycles. The van der Waals surface area contributed by atoms with Crippen molar-refractivity contribution >= 4 is 17.5 Å². The molecule has 2 amide bonds. The molecule has 0 bridgehead atoms. The average Bonchev–Trinajstić information content (AvgIpc) is 3.63. The van der Waals surface area contributed by atoms with Crippen molar-refractivity contribution < 1.29 is 23.1 Å². The number of nitrogens with zero attached hydrogens (tertiary/aromatic N) is 4. The summed E-state index contributed by atoms with van der Waals surface area (Å²) in [5.41, 5.74) is 3.97. The van der Waals surface area contributed by atoms with Crippen LogP contribution in [0.3, 0.4) is 0 Å². The number of morpholine rings is 1. The standard InChI is InChI=1S/C30H33FN4O4/c1-21-9-10-23(18-22(21)2)26-19-27(28-8-5-15-39-28)35(32-26)29(36)20-34(12-11-33-13-16-38-17-14-33)30(37)24-6-3-4-7-25(24)31/h3-10,15,18,27H,11-14,16-17,19-20H2,1-2H3. The lowest BCUT2D eigenvalue weighted by atomic mass is 9.99. The molecule has 0 saturated carbocycles. The zero-order chi connectivity index (χ0) is 27.4. The molecule has 2 aromatic carbocycles. The number of benzene rings is 2. The fourth-order valence-electron chi connectivity index (χ4n) is 4.92. The zero-order valence-corrected chi connectivity index (χ0v) is 22.3. The van der Waals surface area contributed by atoms with Crippen LogP contribution in [0, 0.1) is 19.7 Å². The topological polar surface area (TPSA) is 78.6 Å². The van der Waals surface area contributed by atoms with Crippen LogP contribution in [0.1, 0.15) is 45.3 Å². The van der Waals surface area contributed by atoms with Gasteiger partial charge in [0, 0.05) is 32.6 Å². The smallest absolute Gasteiger partial charge is 0.262 e. The molecule has 1 aromatic heterocycles. The second-order valence-electron chi connectivity index (χ2n) is 9.98. The molecule has 0 spiro atoms. The summed E-state index contributed by atoms with van der Waals surface area (Å²) in [5.74, 6) is -0.883. The van der Waals surface area contributed by atoms with Gasteiger partial charge < -0.3 is 14.1 Å². The van der Waals surface area contributed by atoms with Gasteiger partial charge in [-0.1, -0.05) is 24.3 Å². The Morgan fingerprint density at radius 1 is 1.05 bits per heavy atom. The van der Waals surface area contributed by atoms with Crippen molar-refractivity contribution in [3.63, 3.8) is 0 Å². The number of ether oxygens (including phenoxy) is 1. The van der Waals surface area contributed by atoms with Crippen molar-refractivity contribution in [3.05, 3.63) is 94.7 Å². The van der Waals surface area contributed by atoms with Gasteiger partial charge in [-0.25, -0.2) is 9.40 Å². The van der Waals surface area contributed by atoms with Crippen LogP contribution in [-0.2, 0) is 9.53 Å². The number of hydrogen-bond donors (Lipinski definition) is 0. The van der Waals surface area contributed by atoms with Crippen LogP contribution in [0.4, 0.5) is 4.39 Å². The van der Waals surface area contributed by atoms with Gasteiger partial charge in [0.05, 0.1) is 30.8 Å². The normalized spacial score (nSPS) is 17.8. The monoisotopic (exact) mass is 532 g/mol. The molecule has 2 aliphatic heterocycles. The Labute approximate surface area is 227 Å². The summed E-state index contributed by atoms with van der Waals surface area (Å²) in [7, 11) is 0. The van der Waals surface area contributed by atoms with Crippen molar-refractivity contribution in [2.24, 2.45) is 5.10 Å². The van der Waals surface area contributed by atoms with Gasteiger partial charge in [0.1, 0.15) is 24.2 Å². The van der Waals surface area contributed by atoms with Gasteiger partial charge in [0.25, 0.3) is 11.8 Å². The van der Waals surface area contributed by atoms with Crippen LogP contribution in [0.25, 0.3) is 0 Å². The minimum atomic E-state index is -0.615. The third kappa shape index (κ3) is 6.10. The Morgan fingerprint density at radius 2 is 1.85 bits per heavy atom. The number of amides is 2. The first kappa shape index (κ1) is 26.8. The van der Waals surface area contributed by atoms with Gasteiger partial charge in [0.15, 0.2) is 0 Å². The molecule has 5 rings (SSSR count). The largest absolute Gasteiger partial charge is 0.467 e. The van der Waals surface area contributed by atoms with E-state index in [0.29, 0.717) is 31.9 Å². The van der Waals surface area contributed by atoms with E-state index in [-0.39, 0.29) is 24.6 Å². The Balaban J connectivity index is 1.40. The molecule has 204 valence electrons. The summed E-state index contributed by atoms with van der Waals surface area (Å²) in [5, 5.41) is 6.14. The lowest BCUT2D eigenvalue weighted by molar-refractivity contribution is -0.134. The van der Waals surface area contributed by atoms with E-state index in [1.165, 1.54) is 33.7 Å². The molecule has 1 fully saturated rings. The Morgan fingerprint density at radius 3 is 2.56 bits per heavy atom. The van der Waals surface area contributed by atoms with Gasteiger partial charge >= 0.3 is 0 Å². The number of hydrogen-bond acceptors (Lipinski definition) is 6. The van der Waals surface area contributed by atoms with Crippen molar-refractivity contribution in [1.82, 2.24) is 14.8 Å². The molecule has 8 nitrogen and oxygen atoms in total. The van der Waals surface area contributed by atoms with E-state index in [0.717, 1.165) is 29.9 Å². The van der Waals surface area contributed by atoms with Crippen LogP contribution in [0.5, 0.6) is 0 Å². The molecule has 3 aromatic rings. The van der Waals surface area contributed by atoms with E-state index in [2.05, 4.69) is 17.9 Å². The first-order chi connectivity index (χ1) is 18.9. The lowest BCUT2D eigenvalue weighted by Crippen LogP contribution is -2.46. The Bertz CT molecular complexity index is 1350. The van der Waals surface area contributed by atoms with Crippen molar-refractivity contribution in [3.8, 4) is 0 Å². The highest BCUT2D eigenvalue weighted by Gasteiger charge is 2.36. The first-order valence-corrected chi connectivity index (χ1v) is 13.2. The number of furan rings is 1. The molecule has 9 heteroatoms. The molecule has 2 aliphatic rings. The number of aryl methyl sites for hydroxylation is 2. The SMILES string of the molecule is Cc1ccc(C2=NN(C(=O)CN(CCN3CCOCC3)C(=O)c3ccccc3F)C(c3ccco3)C2)cc1C. The van der Waals surface area contributed by atoms with E-state index >= 15 is 0 Å². The Kier molecular flexibility index (Phi) is 8.18. The van der Waals surface area contributed by atoms with E-state index in [4.69, 9.17) is 14.3 Å². The van der Waals surface area contributed by atoms with Gasteiger partial charge in [0.2, 0.25) is 0 Å². The summed E-state index contributed by atoms with van der Waals surface area (Å²) in [6.07, 6.45) is 2.05. The van der Waals surface area contributed by atoms with Crippen molar-refractivity contribution in [2.45, 2.75) is 26.3 Å². The Hall–Kier alpha value is -3.82. The fourth-order valence-corrected chi connectivity index (χ4v) is 4.92. The van der Waals surface area contributed by atoms with Crippen molar-refractivity contribution in [2.75, 3.05) is 45.9 Å². The first-order valence-electron chi connectivity index (χ1n) is 13.2. The molecular formula is C30H33FN4O4. The van der Waals surface area contributed by atoms with Crippen LogP contribution in [0.2, 0.25) is 0 Å². The number of rotatable bonds is 8. The highest BCUT2D eigenvalue weighted by Crippen LogP contribution is 2.33. The van der Waals surface area contributed by atoms with Gasteiger partial charge in [-0.3, -0.25) is 14.5 Å². The minimum absolute atomic E-state index is 0.0596. The summed E-state index contributed by atoms with van der Waals surface area (Å²) in [4.78, 5) is 30.8. The number of hydrazone groups is 1. The summed E-state index contributed by atoms with van der Waals surface area (Å²) in [6, 6.07) is 15.1. The lowest BCUT2D eigenvalue weighted by Gasteiger charge is -2.31. The van der Waals surface area contributed by atoms with Crippen LogP contribution >= 0.6 is 0 Å². The molecule has 0 radical (unpaired) electrons. The van der Waals surface area contributed by atoms with Gasteiger partial charge in [-0.05, 0) is 60.9 Å². The molecule has 1 unspecified atom stereocenters. The fraction of sp³-hybridized carbons (Fsp3) is 0.367.